The van der Waals surface area contributed by atoms with Crippen molar-refractivity contribution in [1.82, 2.24) is 18.3 Å². The second-order valence-corrected chi connectivity index (χ2v) is 37.8. The minimum Gasteiger partial charge on any atom is -0.310 e. The summed E-state index contributed by atoms with van der Waals surface area (Å²) >= 11 is 0. The molecule has 0 fully saturated rings. The summed E-state index contributed by atoms with van der Waals surface area (Å²) in [6.07, 6.45) is 0. The summed E-state index contributed by atoms with van der Waals surface area (Å²) in [6.45, 7) is 29.3. The number of nitrogens with zero attached hydrogens (tertiary/aromatic N) is 4. The normalized spacial score (nSPS) is 15.4. The molecule has 0 radical (unpaired) electrons. The Hall–Kier alpha value is -13.0. The third-order valence-electron chi connectivity index (χ3n) is 30.2. The summed E-state index contributed by atoms with van der Waals surface area (Å²) in [7, 11) is 0. The molecule has 0 N–H and O–H groups in total. The van der Waals surface area contributed by atoms with Gasteiger partial charge < -0.3 is 18.3 Å². The van der Waals surface area contributed by atoms with Crippen LogP contribution in [0.25, 0.3) is 110 Å². The molecule has 4 nitrogen and oxygen atoms in total. The molecule has 0 atom stereocenters. The first-order valence-corrected chi connectivity index (χ1v) is 43.4. The molecule has 12 heterocycles. The smallest absolute Gasteiger partial charge is 0.247 e. The standard InChI is InChI=1S/4C28H22BN/c1-17-15-16-24-26-25(17)28(2,3)20-11-5-6-12-21(20)29(26)22-13-8-10-19-18-9-4-7-14-23(18)30(24)27(19)22;1-17-9-6-13-21-25(17)28(2,3)20-12-8-16-24-26(20)29(21)22-14-7-11-19-18-10-4-5-15-23(18)30(24)27(19)22;1-17-14-15-20-23(16-17)29-22-11-6-9-19-18-8-4-5-12-24(18)30(27(19)22)25-13-7-10-21(26(25)29)28(20,2)3;1-17-14-15-22-21(16-17)28(2,3)20-10-7-13-25-26(20)29(22)23-11-6-9-19-18-8-4-5-12-24(18)30(25)27(19)23/h4*4-16H,1-3H3. The Morgan fingerprint density at radius 3 is 0.992 bits per heavy atom. The Labute approximate surface area is 702 Å². The molecule has 0 bridgehead atoms. The molecule has 4 aromatic heterocycles. The SMILES string of the molecule is Cc1ccc2c(c1)B1c3c(cccc3C2(C)C)-n2c3ccccc3c3cccc1c32.Cc1ccc2c(c1)C(C)(C)c1cccc3c1B2c1cccc2c4ccccc4n-3c12.Cc1ccc2c3c1C(C)(C)c1ccccc1B3c1cccc3c4ccccc4n-2c13.Cc1cccc2c1C(C)(C)c1cccc3c1B2c1cccc2c4ccccc4n-3c12. The third kappa shape index (κ3) is 8.91. The summed E-state index contributed by atoms with van der Waals surface area (Å²) < 4.78 is 10.1. The second kappa shape index (κ2) is 24.4. The number of aryl methyl sites for hydroxylation is 4. The summed E-state index contributed by atoms with van der Waals surface area (Å²) in [4.78, 5) is 0. The molecule has 568 valence electrons. The van der Waals surface area contributed by atoms with Crippen molar-refractivity contribution >= 4 is 180 Å². The van der Waals surface area contributed by atoms with Gasteiger partial charge in [-0.15, -0.1) is 0 Å². The molecule has 8 aliphatic rings. The van der Waals surface area contributed by atoms with Crippen LogP contribution in [0.15, 0.2) is 315 Å². The van der Waals surface area contributed by atoms with Gasteiger partial charge in [0.05, 0.1) is 22.1 Å². The Morgan fingerprint density at radius 2 is 0.508 bits per heavy atom. The van der Waals surface area contributed by atoms with Gasteiger partial charge in [0.25, 0.3) is 0 Å². The van der Waals surface area contributed by atoms with Crippen molar-refractivity contribution in [2.45, 2.75) is 105 Å². The lowest BCUT2D eigenvalue weighted by molar-refractivity contribution is 0.640. The van der Waals surface area contributed by atoms with Crippen molar-refractivity contribution in [3.8, 4) is 22.7 Å². The fourth-order valence-corrected chi connectivity index (χ4v) is 25.5. The zero-order chi connectivity index (χ0) is 80.8. The Balaban J connectivity index is 0.0000000886. The first-order chi connectivity index (χ1) is 58.3. The van der Waals surface area contributed by atoms with Crippen molar-refractivity contribution in [3.05, 3.63) is 382 Å². The van der Waals surface area contributed by atoms with E-state index in [9.17, 15) is 0 Å². The van der Waals surface area contributed by atoms with Gasteiger partial charge in [0.2, 0.25) is 26.9 Å². The van der Waals surface area contributed by atoms with Crippen molar-refractivity contribution in [2.75, 3.05) is 0 Å². The molecule has 0 unspecified atom stereocenters. The average Bonchev–Trinajstić information content (AvgIpc) is 1.42. The molecule has 0 saturated heterocycles. The number of rotatable bonds is 0. The van der Waals surface area contributed by atoms with Crippen molar-refractivity contribution in [3.63, 3.8) is 0 Å². The van der Waals surface area contributed by atoms with Crippen LogP contribution in [0.2, 0.25) is 0 Å². The van der Waals surface area contributed by atoms with Gasteiger partial charge >= 0.3 is 0 Å². The monoisotopic (exact) mass is 1530 g/mol. The van der Waals surface area contributed by atoms with Crippen molar-refractivity contribution < 1.29 is 0 Å². The maximum Gasteiger partial charge on any atom is 0.247 e. The molecule has 28 rings (SSSR count). The third-order valence-corrected chi connectivity index (χ3v) is 30.2. The van der Waals surface area contributed by atoms with E-state index in [0.29, 0.717) is 26.9 Å². The zero-order valence-electron chi connectivity index (χ0n) is 70.1. The Morgan fingerprint density at radius 1 is 0.200 bits per heavy atom. The zero-order valence-corrected chi connectivity index (χ0v) is 70.1. The summed E-state index contributed by atoms with van der Waals surface area (Å²) in [5, 5.41) is 10.8. The van der Waals surface area contributed by atoms with E-state index >= 15 is 0 Å². The highest BCUT2D eigenvalue weighted by molar-refractivity contribution is 7.01. The summed E-state index contributed by atoms with van der Waals surface area (Å²) in [5.41, 5.74) is 50.9. The van der Waals surface area contributed by atoms with E-state index in [-0.39, 0.29) is 21.7 Å². The molecule has 20 aromatic rings. The highest BCUT2D eigenvalue weighted by Gasteiger charge is 2.50. The van der Waals surface area contributed by atoms with Crippen LogP contribution < -0.4 is 65.6 Å². The van der Waals surface area contributed by atoms with Gasteiger partial charge in [0, 0.05) is 110 Å². The minimum atomic E-state index is -0.0170. The maximum atomic E-state index is 2.53. The van der Waals surface area contributed by atoms with Gasteiger partial charge in [-0.2, -0.15) is 0 Å². The van der Waals surface area contributed by atoms with Crippen LogP contribution in [0.4, 0.5) is 0 Å². The molecular formula is C112H88B4N4. The number of para-hydroxylation sites is 8. The summed E-state index contributed by atoms with van der Waals surface area (Å²) in [6, 6.07) is 119. The van der Waals surface area contributed by atoms with Crippen LogP contribution in [0, 0.1) is 27.7 Å². The molecule has 0 amide bonds. The van der Waals surface area contributed by atoms with E-state index < -0.39 is 0 Å². The van der Waals surface area contributed by atoms with Crippen LogP contribution >= 0.6 is 0 Å². The number of hydrogen-bond donors (Lipinski definition) is 0. The van der Waals surface area contributed by atoms with E-state index in [1.807, 2.05) is 0 Å². The minimum absolute atomic E-state index is 0.0147. The maximum absolute atomic E-state index is 2.53. The van der Waals surface area contributed by atoms with Gasteiger partial charge in [-0.25, -0.2) is 0 Å². The lowest BCUT2D eigenvalue weighted by Crippen LogP contribution is -2.63. The van der Waals surface area contributed by atoms with Crippen molar-refractivity contribution in [2.24, 2.45) is 0 Å². The number of fused-ring (bicyclic) bond motifs is 28. The van der Waals surface area contributed by atoms with Gasteiger partial charge in [0.15, 0.2) is 0 Å². The number of benzene rings is 16. The highest BCUT2D eigenvalue weighted by Crippen LogP contribution is 2.47. The van der Waals surface area contributed by atoms with Crippen LogP contribution in [0.5, 0.6) is 0 Å². The van der Waals surface area contributed by atoms with Gasteiger partial charge in [-0.1, -0.05) is 355 Å². The average molecular weight is 1530 g/mol. The molecule has 120 heavy (non-hydrogen) atoms. The quantitative estimate of drug-likeness (QED) is 0.135. The van der Waals surface area contributed by atoms with E-state index in [2.05, 4.69) is 417 Å². The van der Waals surface area contributed by atoms with E-state index in [4.69, 9.17) is 0 Å². The lowest BCUT2D eigenvalue weighted by atomic mass is 9.30. The fourth-order valence-electron chi connectivity index (χ4n) is 25.5. The Kier molecular flexibility index (Phi) is 14.2. The first kappa shape index (κ1) is 70.0. The predicted octanol–water partition coefficient (Wildman–Crippen LogP) is 18.2. The fraction of sp³-hybridized carbons (Fsp3) is 0.143. The Bertz CT molecular complexity index is 7870. The number of hydrogen-bond acceptors (Lipinski definition) is 0. The molecule has 0 saturated carbocycles. The highest BCUT2D eigenvalue weighted by atomic mass is 15.0. The molecule has 16 aromatic carbocycles. The van der Waals surface area contributed by atoms with E-state index in [0.717, 1.165) is 0 Å². The molecular weight excluding hydrogens is 1440 g/mol. The van der Waals surface area contributed by atoms with Crippen molar-refractivity contribution in [1.29, 1.82) is 0 Å². The topological polar surface area (TPSA) is 19.7 Å². The lowest BCUT2D eigenvalue weighted by Gasteiger charge is -2.42. The molecule has 8 heteroatoms. The van der Waals surface area contributed by atoms with Crippen LogP contribution in [-0.4, -0.2) is 45.1 Å². The van der Waals surface area contributed by atoms with Gasteiger partial charge in [-0.3, -0.25) is 0 Å². The second-order valence-electron chi connectivity index (χ2n) is 37.8. The van der Waals surface area contributed by atoms with Gasteiger partial charge in [-0.05, 0) is 176 Å². The van der Waals surface area contributed by atoms with Gasteiger partial charge in [0.1, 0.15) is 0 Å². The van der Waals surface area contributed by atoms with E-state index in [1.54, 1.807) is 0 Å². The summed E-state index contributed by atoms with van der Waals surface area (Å²) in [5.74, 6) is 0. The van der Waals surface area contributed by atoms with Crippen LogP contribution in [-0.2, 0) is 21.7 Å². The largest absolute Gasteiger partial charge is 0.310 e. The molecule has 0 aliphatic carbocycles. The molecule has 8 aliphatic heterocycles. The van der Waals surface area contributed by atoms with E-state index in [1.165, 1.54) is 242 Å². The predicted molar refractivity (Wildman–Crippen MR) is 515 cm³/mol. The molecule has 0 spiro atoms. The van der Waals surface area contributed by atoms with Crippen LogP contribution in [0.1, 0.15) is 122 Å². The van der Waals surface area contributed by atoms with Crippen LogP contribution in [0.3, 0.4) is 0 Å². The first-order valence-electron chi connectivity index (χ1n) is 43.4. The number of aromatic nitrogens is 4.